The van der Waals surface area contributed by atoms with E-state index >= 15 is 0 Å². The number of nitrogens with zero attached hydrogens (tertiary/aromatic N) is 1. The molecule has 1 aromatic heterocycles. The number of rotatable bonds is 5. The topological polar surface area (TPSA) is 68.0 Å². The van der Waals surface area contributed by atoms with Crippen LogP contribution < -0.4 is 11.1 Å². The summed E-state index contributed by atoms with van der Waals surface area (Å²) in [5.41, 5.74) is 6.95. The zero-order valence-corrected chi connectivity index (χ0v) is 12.5. The maximum Gasteiger partial charge on any atom is 0.269 e. The Balaban J connectivity index is 1.97. The zero-order valence-electron chi connectivity index (χ0n) is 12.5. The van der Waals surface area contributed by atoms with Crippen LogP contribution in [-0.4, -0.2) is 17.4 Å². The van der Waals surface area contributed by atoms with Gasteiger partial charge in [-0.3, -0.25) is 9.78 Å². The number of nitrogens with two attached hydrogens (primary N) is 1. The summed E-state index contributed by atoms with van der Waals surface area (Å²) in [5, 5.41) is 3.06. The Hall–Kier alpha value is -1.58. The van der Waals surface area contributed by atoms with E-state index in [0.29, 0.717) is 17.3 Å². The van der Waals surface area contributed by atoms with E-state index in [-0.39, 0.29) is 11.3 Å². The lowest BCUT2D eigenvalue weighted by Gasteiger charge is -2.31. The number of nitrogens with one attached hydrogen (secondary N) is 1. The monoisotopic (exact) mass is 275 g/mol. The molecule has 1 fully saturated rings. The van der Waals surface area contributed by atoms with Gasteiger partial charge >= 0.3 is 0 Å². The first kappa shape index (κ1) is 14.8. The minimum absolute atomic E-state index is 0.118. The average Bonchev–Trinajstić information content (AvgIpc) is 2.84. The second-order valence-corrected chi connectivity index (χ2v) is 6.46. The van der Waals surface area contributed by atoms with Crippen LogP contribution >= 0.6 is 0 Å². The van der Waals surface area contributed by atoms with Gasteiger partial charge in [0.25, 0.3) is 5.91 Å². The number of hydrogen-bond donors (Lipinski definition) is 2. The molecule has 0 unspecified atom stereocenters. The van der Waals surface area contributed by atoms with Crippen molar-refractivity contribution in [2.45, 2.75) is 46.0 Å². The molecule has 1 saturated carbocycles. The highest BCUT2D eigenvalue weighted by atomic mass is 16.1. The second kappa shape index (κ2) is 6.25. The molecule has 0 spiro atoms. The summed E-state index contributed by atoms with van der Waals surface area (Å²) in [6, 6.07) is 3.31. The number of anilines is 1. The van der Waals surface area contributed by atoms with Gasteiger partial charge in [0.1, 0.15) is 5.69 Å². The summed E-state index contributed by atoms with van der Waals surface area (Å²) in [5.74, 6) is 0.544. The molecule has 4 heteroatoms. The Bertz CT molecular complexity index is 465. The van der Waals surface area contributed by atoms with Crippen molar-refractivity contribution in [1.82, 2.24) is 10.3 Å². The van der Waals surface area contributed by atoms with Crippen LogP contribution in [0.4, 0.5) is 5.69 Å². The van der Waals surface area contributed by atoms with Gasteiger partial charge in [-0.2, -0.15) is 0 Å². The highest BCUT2D eigenvalue weighted by molar-refractivity contribution is 5.92. The van der Waals surface area contributed by atoms with Crippen LogP contribution in [0.5, 0.6) is 0 Å². The van der Waals surface area contributed by atoms with Crippen molar-refractivity contribution >= 4 is 11.6 Å². The van der Waals surface area contributed by atoms with E-state index in [0.717, 1.165) is 6.54 Å². The van der Waals surface area contributed by atoms with E-state index in [1.807, 2.05) is 0 Å². The van der Waals surface area contributed by atoms with Crippen LogP contribution in [0.15, 0.2) is 18.3 Å². The number of carbonyl (C=O) groups excluding carboxylic acids is 1. The van der Waals surface area contributed by atoms with E-state index in [9.17, 15) is 4.79 Å². The van der Waals surface area contributed by atoms with Crippen molar-refractivity contribution in [3.05, 3.63) is 24.0 Å². The number of hydrogen-bond acceptors (Lipinski definition) is 3. The van der Waals surface area contributed by atoms with Crippen molar-refractivity contribution in [3.63, 3.8) is 0 Å². The Morgan fingerprint density at radius 3 is 2.75 bits per heavy atom. The standard InChI is InChI=1S/C16H25N3O/c1-12(2)10-16(6-3-4-7-16)11-19-15(20)14-9-13(17)5-8-18-14/h5,8-9,12H,3-4,6-7,10-11H2,1-2H3,(H2,17,18)(H,19,20). The predicted octanol–water partition coefficient (Wildman–Crippen LogP) is 3.00. The molecular formula is C16H25N3O. The van der Waals surface area contributed by atoms with Gasteiger partial charge in [0.15, 0.2) is 0 Å². The van der Waals surface area contributed by atoms with Crippen LogP contribution in [0.3, 0.4) is 0 Å². The highest BCUT2D eigenvalue weighted by Crippen LogP contribution is 2.42. The van der Waals surface area contributed by atoms with Crippen molar-refractivity contribution in [1.29, 1.82) is 0 Å². The maximum atomic E-state index is 12.2. The molecule has 1 heterocycles. The molecule has 1 amide bonds. The molecule has 0 bridgehead atoms. The van der Waals surface area contributed by atoms with E-state index < -0.39 is 0 Å². The predicted molar refractivity (Wildman–Crippen MR) is 81.3 cm³/mol. The molecule has 3 N–H and O–H groups in total. The lowest BCUT2D eigenvalue weighted by atomic mass is 9.78. The van der Waals surface area contributed by atoms with Gasteiger partial charge in [-0.15, -0.1) is 0 Å². The average molecular weight is 275 g/mol. The summed E-state index contributed by atoms with van der Waals surface area (Å²) in [6.07, 6.45) is 7.74. The van der Waals surface area contributed by atoms with Crippen molar-refractivity contribution in [2.24, 2.45) is 11.3 Å². The third-order valence-electron chi connectivity index (χ3n) is 4.15. The lowest BCUT2D eigenvalue weighted by Crippen LogP contribution is -2.37. The summed E-state index contributed by atoms with van der Waals surface area (Å²) in [7, 11) is 0. The summed E-state index contributed by atoms with van der Waals surface area (Å²) in [4.78, 5) is 16.2. The van der Waals surface area contributed by atoms with Gasteiger partial charge in [-0.05, 0) is 42.7 Å². The van der Waals surface area contributed by atoms with Crippen LogP contribution in [0, 0.1) is 11.3 Å². The molecule has 0 aliphatic heterocycles. The summed E-state index contributed by atoms with van der Waals surface area (Å²) >= 11 is 0. The van der Waals surface area contributed by atoms with Gasteiger partial charge in [-0.1, -0.05) is 26.7 Å². The fraction of sp³-hybridized carbons (Fsp3) is 0.625. The molecule has 1 aromatic rings. The first-order chi connectivity index (χ1) is 9.51. The number of pyridine rings is 1. The number of amides is 1. The minimum Gasteiger partial charge on any atom is -0.399 e. The van der Waals surface area contributed by atoms with Crippen LogP contribution in [0.1, 0.15) is 56.4 Å². The van der Waals surface area contributed by atoms with Crippen molar-refractivity contribution in [3.8, 4) is 0 Å². The highest BCUT2D eigenvalue weighted by Gasteiger charge is 2.34. The Morgan fingerprint density at radius 2 is 2.15 bits per heavy atom. The van der Waals surface area contributed by atoms with Gasteiger partial charge in [0.05, 0.1) is 0 Å². The maximum absolute atomic E-state index is 12.2. The van der Waals surface area contributed by atoms with Gasteiger partial charge < -0.3 is 11.1 Å². The molecule has 0 atom stereocenters. The second-order valence-electron chi connectivity index (χ2n) is 6.46. The Labute approximate surface area is 121 Å². The Kier molecular flexibility index (Phi) is 4.63. The van der Waals surface area contributed by atoms with E-state index in [2.05, 4.69) is 24.1 Å². The molecule has 20 heavy (non-hydrogen) atoms. The van der Waals surface area contributed by atoms with Gasteiger partial charge in [-0.25, -0.2) is 0 Å². The van der Waals surface area contributed by atoms with Crippen molar-refractivity contribution in [2.75, 3.05) is 12.3 Å². The quantitative estimate of drug-likeness (QED) is 0.868. The van der Waals surface area contributed by atoms with Gasteiger partial charge in [0, 0.05) is 18.4 Å². The van der Waals surface area contributed by atoms with Crippen LogP contribution in [-0.2, 0) is 0 Å². The fourth-order valence-corrected chi connectivity index (χ4v) is 3.37. The first-order valence-electron chi connectivity index (χ1n) is 7.50. The summed E-state index contributed by atoms with van der Waals surface area (Å²) < 4.78 is 0. The summed E-state index contributed by atoms with van der Waals surface area (Å²) in [6.45, 7) is 5.25. The van der Waals surface area contributed by atoms with E-state index in [4.69, 9.17) is 5.73 Å². The molecule has 110 valence electrons. The molecule has 0 aromatic carbocycles. The molecule has 2 rings (SSSR count). The third kappa shape index (κ3) is 3.71. The zero-order chi connectivity index (χ0) is 14.6. The lowest BCUT2D eigenvalue weighted by molar-refractivity contribution is 0.0917. The molecule has 1 aliphatic rings. The van der Waals surface area contributed by atoms with Crippen LogP contribution in [0.25, 0.3) is 0 Å². The largest absolute Gasteiger partial charge is 0.399 e. The van der Waals surface area contributed by atoms with Gasteiger partial charge in [0.2, 0.25) is 0 Å². The molecule has 1 aliphatic carbocycles. The molecular weight excluding hydrogens is 250 g/mol. The number of carbonyl (C=O) groups is 1. The third-order valence-corrected chi connectivity index (χ3v) is 4.15. The van der Waals surface area contributed by atoms with E-state index in [1.165, 1.54) is 32.1 Å². The SMILES string of the molecule is CC(C)CC1(CNC(=O)c2cc(N)ccn2)CCCC1. The minimum atomic E-state index is -0.118. The smallest absolute Gasteiger partial charge is 0.269 e. The molecule has 4 nitrogen and oxygen atoms in total. The number of nitrogen functional groups attached to an aromatic ring is 1. The van der Waals surface area contributed by atoms with E-state index in [1.54, 1.807) is 18.3 Å². The number of aromatic nitrogens is 1. The fourth-order valence-electron chi connectivity index (χ4n) is 3.37. The molecule has 0 saturated heterocycles. The van der Waals surface area contributed by atoms with Crippen molar-refractivity contribution < 1.29 is 4.79 Å². The normalized spacial score (nSPS) is 17.4. The first-order valence-corrected chi connectivity index (χ1v) is 7.50. The van der Waals surface area contributed by atoms with Crippen LogP contribution in [0.2, 0.25) is 0 Å². The molecule has 0 radical (unpaired) electrons. The Morgan fingerprint density at radius 1 is 1.45 bits per heavy atom.